The first-order valence-electron chi connectivity index (χ1n) is 11.8. The van der Waals surface area contributed by atoms with Gasteiger partial charge in [0.25, 0.3) is 5.91 Å². The molecule has 2 amide bonds. The molecule has 10 nitrogen and oxygen atoms in total. The van der Waals surface area contributed by atoms with Crippen LogP contribution in [-0.2, 0) is 4.79 Å². The number of carbonyl (C=O) groups is 3. The lowest BCUT2D eigenvalue weighted by Crippen LogP contribution is -2.26. The number of esters is 1. The second-order valence-electron chi connectivity index (χ2n) is 8.00. The standard InChI is InChI=1S/C28H28BrN3O7/c1-36-22-13-11-19(16-25(22)38-3)28(35)39-23-12-10-18(15-24(23)37-2)17-31-32-26(33)9-6-14-30-27(34)20-7-4-5-8-21(20)29/h4-5,7-8,10-13,15-17H,6,9,14H2,1-3H3,(H,30,34)(H,32,33). The molecule has 0 aliphatic heterocycles. The molecule has 0 unspecified atom stereocenters. The molecular weight excluding hydrogens is 570 g/mol. The van der Waals surface area contributed by atoms with Crippen molar-refractivity contribution < 1.29 is 33.3 Å². The molecule has 0 saturated carbocycles. The summed E-state index contributed by atoms with van der Waals surface area (Å²) in [6, 6.07) is 16.6. The molecule has 0 bridgehead atoms. The van der Waals surface area contributed by atoms with E-state index in [0.29, 0.717) is 45.8 Å². The Labute approximate surface area is 234 Å². The molecule has 39 heavy (non-hydrogen) atoms. The molecule has 0 saturated heterocycles. The number of rotatable bonds is 12. The predicted octanol–water partition coefficient (Wildman–Crippen LogP) is 4.35. The number of ether oxygens (including phenoxy) is 4. The number of hydrogen-bond donors (Lipinski definition) is 2. The summed E-state index contributed by atoms with van der Waals surface area (Å²) in [5.41, 5.74) is 3.86. The molecular formula is C28H28BrN3O7. The average Bonchev–Trinajstić information content (AvgIpc) is 2.95. The van der Waals surface area contributed by atoms with Crippen molar-refractivity contribution in [2.45, 2.75) is 12.8 Å². The third-order valence-electron chi connectivity index (χ3n) is 5.40. The van der Waals surface area contributed by atoms with E-state index in [4.69, 9.17) is 18.9 Å². The smallest absolute Gasteiger partial charge is 0.343 e. The van der Waals surface area contributed by atoms with Gasteiger partial charge in [-0.2, -0.15) is 5.10 Å². The van der Waals surface area contributed by atoms with Crippen LogP contribution in [0.15, 0.2) is 70.2 Å². The highest BCUT2D eigenvalue weighted by atomic mass is 79.9. The van der Waals surface area contributed by atoms with Gasteiger partial charge in [-0.3, -0.25) is 9.59 Å². The first-order chi connectivity index (χ1) is 18.9. The first-order valence-corrected chi connectivity index (χ1v) is 12.6. The summed E-state index contributed by atoms with van der Waals surface area (Å²) in [6.45, 7) is 0.345. The monoisotopic (exact) mass is 597 g/mol. The lowest BCUT2D eigenvalue weighted by Gasteiger charge is -2.11. The van der Waals surface area contributed by atoms with Gasteiger partial charge in [-0.15, -0.1) is 0 Å². The Morgan fingerprint density at radius 3 is 2.28 bits per heavy atom. The van der Waals surface area contributed by atoms with Gasteiger partial charge >= 0.3 is 5.97 Å². The van der Waals surface area contributed by atoms with Crippen molar-refractivity contribution in [2.24, 2.45) is 5.10 Å². The van der Waals surface area contributed by atoms with E-state index in [1.807, 2.05) is 6.07 Å². The summed E-state index contributed by atoms with van der Waals surface area (Å²) >= 11 is 3.34. The molecule has 0 spiro atoms. The normalized spacial score (nSPS) is 10.6. The van der Waals surface area contributed by atoms with Crippen LogP contribution in [0.5, 0.6) is 23.0 Å². The number of nitrogens with zero attached hydrogens (tertiary/aromatic N) is 1. The Kier molecular flexibility index (Phi) is 10.9. The van der Waals surface area contributed by atoms with Gasteiger partial charge in [-0.05, 0) is 76.4 Å². The minimum absolute atomic E-state index is 0.182. The average molecular weight is 598 g/mol. The maximum absolute atomic E-state index is 12.6. The molecule has 204 valence electrons. The molecule has 11 heteroatoms. The topological polar surface area (TPSA) is 125 Å². The minimum Gasteiger partial charge on any atom is -0.493 e. The largest absolute Gasteiger partial charge is 0.493 e. The maximum atomic E-state index is 12.6. The van der Waals surface area contributed by atoms with Gasteiger partial charge < -0.3 is 24.3 Å². The van der Waals surface area contributed by atoms with Crippen LogP contribution in [0.3, 0.4) is 0 Å². The SMILES string of the molecule is COc1ccc(C(=O)Oc2ccc(C=NNC(=O)CCCNC(=O)c3ccccc3Br)cc2OC)cc1OC. The Hall–Kier alpha value is -4.38. The third-order valence-corrected chi connectivity index (χ3v) is 6.09. The molecule has 0 heterocycles. The van der Waals surface area contributed by atoms with Crippen molar-refractivity contribution >= 4 is 39.9 Å². The van der Waals surface area contributed by atoms with Gasteiger partial charge in [-0.1, -0.05) is 12.1 Å². The summed E-state index contributed by atoms with van der Waals surface area (Å²) in [5.74, 6) is 0.295. The van der Waals surface area contributed by atoms with E-state index in [0.717, 1.165) is 0 Å². The van der Waals surface area contributed by atoms with E-state index in [1.165, 1.54) is 33.6 Å². The number of halogens is 1. The number of carbonyl (C=O) groups excluding carboxylic acids is 3. The van der Waals surface area contributed by atoms with Crippen LogP contribution in [0.4, 0.5) is 0 Å². The lowest BCUT2D eigenvalue weighted by atomic mass is 10.2. The molecule has 3 rings (SSSR count). The maximum Gasteiger partial charge on any atom is 0.343 e. The van der Waals surface area contributed by atoms with Gasteiger partial charge in [-0.25, -0.2) is 10.2 Å². The van der Waals surface area contributed by atoms with Crippen LogP contribution < -0.4 is 29.7 Å². The van der Waals surface area contributed by atoms with E-state index in [-0.39, 0.29) is 29.5 Å². The van der Waals surface area contributed by atoms with Crippen molar-refractivity contribution in [3.8, 4) is 23.0 Å². The fraction of sp³-hybridized carbons (Fsp3) is 0.214. The van der Waals surface area contributed by atoms with E-state index in [2.05, 4.69) is 31.8 Å². The quantitative estimate of drug-likeness (QED) is 0.104. The Morgan fingerprint density at radius 1 is 0.872 bits per heavy atom. The fourth-order valence-electron chi connectivity index (χ4n) is 3.40. The molecule has 0 aliphatic carbocycles. The van der Waals surface area contributed by atoms with Crippen molar-refractivity contribution in [3.63, 3.8) is 0 Å². The summed E-state index contributed by atoms with van der Waals surface area (Å²) in [7, 11) is 4.43. The molecule has 0 radical (unpaired) electrons. The van der Waals surface area contributed by atoms with E-state index in [9.17, 15) is 14.4 Å². The molecule has 2 N–H and O–H groups in total. The summed E-state index contributed by atoms with van der Waals surface area (Å²) in [5, 5.41) is 6.74. The minimum atomic E-state index is -0.601. The second-order valence-corrected chi connectivity index (χ2v) is 8.86. The highest BCUT2D eigenvalue weighted by molar-refractivity contribution is 9.10. The van der Waals surface area contributed by atoms with Gasteiger partial charge in [0.15, 0.2) is 23.0 Å². The van der Waals surface area contributed by atoms with Crippen LogP contribution in [0, 0.1) is 0 Å². The van der Waals surface area contributed by atoms with Gasteiger partial charge in [0.2, 0.25) is 5.91 Å². The molecule has 0 fully saturated rings. The lowest BCUT2D eigenvalue weighted by molar-refractivity contribution is -0.121. The van der Waals surface area contributed by atoms with Gasteiger partial charge in [0.05, 0.1) is 38.7 Å². The zero-order valence-electron chi connectivity index (χ0n) is 21.7. The predicted molar refractivity (Wildman–Crippen MR) is 149 cm³/mol. The van der Waals surface area contributed by atoms with Crippen molar-refractivity contribution in [3.05, 3.63) is 81.8 Å². The van der Waals surface area contributed by atoms with Crippen molar-refractivity contribution in [1.82, 2.24) is 10.7 Å². The van der Waals surface area contributed by atoms with Gasteiger partial charge in [0, 0.05) is 17.4 Å². The first kappa shape index (κ1) is 29.2. The van der Waals surface area contributed by atoms with Crippen molar-refractivity contribution in [2.75, 3.05) is 27.9 Å². The number of amides is 2. The summed E-state index contributed by atoms with van der Waals surface area (Å²) in [6.07, 6.45) is 2.07. The summed E-state index contributed by atoms with van der Waals surface area (Å²) < 4.78 is 22.0. The number of nitrogens with one attached hydrogen (secondary N) is 2. The molecule has 0 atom stereocenters. The Morgan fingerprint density at radius 2 is 1.56 bits per heavy atom. The zero-order valence-corrected chi connectivity index (χ0v) is 23.2. The second kappa shape index (κ2) is 14.5. The van der Waals surface area contributed by atoms with E-state index < -0.39 is 5.97 Å². The highest BCUT2D eigenvalue weighted by Gasteiger charge is 2.16. The van der Waals surface area contributed by atoms with E-state index >= 15 is 0 Å². The molecule has 0 aromatic heterocycles. The third kappa shape index (κ3) is 8.30. The van der Waals surface area contributed by atoms with Crippen LogP contribution in [0.1, 0.15) is 39.1 Å². The number of hydrazone groups is 1. The number of benzene rings is 3. The van der Waals surface area contributed by atoms with Crippen LogP contribution in [-0.4, -0.2) is 51.9 Å². The number of hydrogen-bond acceptors (Lipinski definition) is 8. The Bertz CT molecular complexity index is 1360. The fourth-order valence-corrected chi connectivity index (χ4v) is 3.86. The number of methoxy groups -OCH3 is 3. The van der Waals surface area contributed by atoms with Crippen molar-refractivity contribution in [1.29, 1.82) is 0 Å². The Balaban J connectivity index is 1.49. The molecule has 3 aromatic rings. The molecule has 0 aliphatic rings. The highest BCUT2D eigenvalue weighted by Crippen LogP contribution is 2.31. The summed E-state index contributed by atoms with van der Waals surface area (Å²) in [4.78, 5) is 36.9. The van der Waals surface area contributed by atoms with Crippen LogP contribution in [0.25, 0.3) is 0 Å². The van der Waals surface area contributed by atoms with Crippen LogP contribution in [0.2, 0.25) is 0 Å². The van der Waals surface area contributed by atoms with E-state index in [1.54, 1.807) is 48.5 Å². The van der Waals surface area contributed by atoms with Gasteiger partial charge in [0.1, 0.15) is 0 Å². The molecule has 3 aromatic carbocycles. The zero-order chi connectivity index (χ0) is 28.2. The van der Waals surface area contributed by atoms with Crippen LogP contribution >= 0.6 is 15.9 Å².